The highest BCUT2D eigenvalue weighted by atomic mass is 32.2. The maximum atomic E-state index is 12.1. The summed E-state index contributed by atoms with van der Waals surface area (Å²) >= 11 is 7.32. The van der Waals surface area contributed by atoms with E-state index in [0.717, 1.165) is 29.6 Å². The summed E-state index contributed by atoms with van der Waals surface area (Å²) in [7, 11) is 0. The van der Waals surface area contributed by atoms with Crippen molar-refractivity contribution in [2.45, 2.75) is 32.8 Å². The first-order valence-corrected chi connectivity index (χ1v) is 10.7. The number of para-hydroxylation sites is 1. The molecule has 2 aromatic rings. The number of thioether (sulfide) groups is 1. The molecule has 27 heavy (non-hydrogen) atoms. The Labute approximate surface area is 170 Å². The van der Waals surface area contributed by atoms with Crippen LogP contribution in [-0.4, -0.2) is 62.7 Å². The summed E-state index contributed by atoms with van der Waals surface area (Å²) in [5.74, 6) is 0.951. The van der Waals surface area contributed by atoms with Crippen LogP contribution in [0.15, 0.2) is 30.5 Å². The van der Waals surface area contributed by atoms with Crippen LogP contribution in [0.25, 0.3) is 10.9 Å². The van der Waals surface area contributed by atoms with Crippen molar-refractivity contribution in [3.05, 3.63) is 36.0 Å². The Balaban J connectivity index is 1.43. The van der Waals surface area contributed by atoms with Crippen molar-refractivity contribution in [3.63, 3.8) is 0 Å². The predicted molar refractivity (Wildman–Crippen MR) is 116 cm³/mol. The molecule has 2 heterocycles. The normalized spacial score (nSPS) is 15.2. The Morgan fingerprint density at radius 2 is 1.85 bits per heavy atom. The lowest BCUT2D eigenvalue weighted by molar-refractivity contribution is 0.0189. The number of hydrogen-bond donors (Lipinski definition) is 1. The van der Waals surface area contributed by atoms with E-state index < -0.39 is 5.60 Å². The van der Waals surface area contributed by atoms with Crippen molar-refractivity contribution in [1.82, 2.24) is 14.8 Å². The van der Waals surface area contributed by atoms with Gasteiger partial charge in [-0.1, -0.05) is 42.2 Å². The second kappa shape index (κ2) is 8.52. The number of carbonyl (C=O) groups excluding carboxylic acids is 1. The monoisotopic (exact) mass is 405 g/mol. The zero-order valence-electron chi connectivity index (χ0n) is 16.2. The maximum Gasteiger partial charge on any atom is 0.410 e. The Bertz CT molecular complexity index is 805. The van der Waals surface area contributed by atoms with E-state index in [4.69, 9.17) is 17.0 Å². The highest BCUT2D eigenvalue weighted by molar-refractivity contribution is 8.22. The molecule has 0 spiro atoms. The molecule has 1 aliphatic heterocycles. The minimum Gasteiger partial charge on any atom is -0.444 e. The van der Waals surface area contributed by atoms with E-state index in [2.05, 4.69) is 34.3 Å². The fraction of sp³-hybridized carbons (Fsp3) is 0.500. The number of nitrogens with one attached hydrogen (secondary N) is 1. The van der Waals surface area contributed by atoms with Crippen LogP contribution >= 0.6 is 24.0 Å². The molecule has 1 amide bonds. The highest BCUT2D eigenvalue weighted by Crippen LogP contribution is 2.21. The third-order valence-electron chi connectivity index (χ3n) is 4.46. The van der Waals surface area contributed by atoms with Gasteiger partial charge in [-0.3, -0.25) is 0 Å². The van der Waals surface area contributed by atoms with Crippen LogP contribution in [0.1, 0.15) is 26.3 Å². The highest BCUT2D eigenvalue weighted by Gasteiger charge is 2.26. The summed E-state index contributed by atoms with van der Waals surface area (Å²) in [6.07, 6.45) is 2.83. The molecule has 0 saturated carbocycles. The van der Waals surface area contributed by atoms with Gasteiger partial charge < -0.3 is 19.5 Å². The number of thiocarbonyl (C=S) groups is 1. The van der Waals surface area contributed by atoms with Crippen molar-refractivity contribution in [2.75, 3.05) is 31.9 Å². The molecule has 0 atom stereocenters. The van der Waals surface area contributed by atoms with Gasteiger partial charge in [0.05, 0.1) is 0 Å². The molecule has 1 aliphatic rings. The Morgan fingerprint density at radius 3 is 2.56 bits per heavy atom. The number of rotatable bonds is 3. The topological polar surface area (TPSA) is 48.6 Å². The zero-order valence-corrected chi connectivity index (χ0v) is 17.8. The third kappa shape index (κ3) is 5.39. The summed E-state index contributed by atoms with van der Waals surface area (Å²) in [5, 5.41) is 1.29. The van der Waals surface area contributed by atoms with Crippen molar-refractivity contribution < 1.29 is 9.53 Å². The molecule has 0 bridgehead atoms. The van der Waals surface area contributed by atoms with Gasteiger partial charge in [-0.15, -0.1) is 0 Å². The van der Waals surface area contributed by atoms with Crippen LogP contribution in [0.4, 0.5) is 4.79 Å². The molecule has 1 aromatic heterocycles. The minimum atomic E-state index is -0.457. The van der Waals surface area contributed by atoms with Crippen LogP contribution in [0.2, 0.25) is 0 Å². The standard InChI is InChI=1S/C20H27N3O2S2/c1-20(2,3)25-18(24)22-9-11-23(12-10-22)19(26)27-13-8-15-14-21-17-7-5-4-6-16(15)17/h4-7,14,21H,8-13H2,1-3H3. The number of fused-ring (bicyclic) bond motifs is 1. The number of hydrogen-bond acceptors (Lipinski definition) is 4. The third-order valence-corrected chi connectivity index (χ3v) is 5.99. The Morgan fingerprint density at radius 1 is 1.19 bits per heavy atom. The lowest BCUT2D eigenvalue weighted by Crippen LogP contribution is -2.50. The number of carbonyl (C=O) groups is 1. The van der Waals surface area contributed by atoms with E-state index in [1.54, 1.807) is 16.7 Å². The molecular weight excluding hydrogens is 378 g/mol. The number of amides is 1. The molecule has 0 radical (unpaired) electrons. The van der Waals surface area contributed by atoms with Gasteiger partial charge in [0.15, 0.2) is 0 Å². The maximum absolute atomic E-state index is 12.1. The first-order chi connectivity index (χ1) is 12.8. The molecule has 0 aliphatic carbocycles. The molecule has 146 valence electrons. The lowest BCUT2D eigenvalue weighted by atomic mass is 10.1. The quantitative estimate of drug-likeness (QED) is 0.773. The molecule has 0 unspecified atom stereocenters. The van der Waals surface area contributed by atoms with E-state index in [1.165, 1.54) is 16.5 Å². The van der Waals surface area contributed by atoms with Crippen LogP contribution in [0.3, 0.4) is 0 Å². The van der Waals surface area contributed by atoms with E-state index in [9.17, 15) is 4.79 Å². The van der Waals surface area contributed by atoms with Gasteiger partial charge in [-0.2, -0.15) is 0 Å². The number of benzene rings is 1. The Kier molecular flexibility index (Phi) is 6.32. The average molecular weight is 406 g/mol. The molecular formula is C20H27N3O2S2. The van der Waals surface area contributed by atoms with Crippen molar-refractivity contribution in [3.8, 4) is 0 Å². The van der Waals surface area contributed by atoms with Crippen molar-refractivity contribution in [1.29, 1.82) is 0 Å². The summed E-state index contributed by atoms with van der Waals surface area (Å²) < 4.78 is 6.36. The molecule has 1 fully saturated rings. The number of aryl methyl sites for hydroxylation is 1. The van der Waals surface area contributed by atoms with Gasteiger partial charge >= 0.3 is 6.09 Å². The van der Waals surface area contributed by atoms with Crippen LogP contribution in [-0.2, 0) is 11.2 Å². The van der Waals surface area contributed by atoms with Crippen LogP contribution in [0, 0.1) is 0 Å². The van der Waals surface area contributed by atoms with Crippen molar-refractivity contribution in [2.24, 2.45) is 0 Å². The number of piperazine rings is 1. The molecule has 7 heteroatoms. The second-order valence-corrected chi connectivity index (χ2v) is 9.41. The number of ether oxygens (including phenoxy) is 1. The number of H-pyrrole nitrogens is 1. The molecule has 1 saturated heterocycles. The molecule has 5 nitrogen and oxygen atoms in total. The number of nitrogens with zero attached hydrogens (tertiary/aromatic N) is 2. The van der Waals surface area contributed by atoms with Gasteiger partial charge in [-0.05, 0) is 38.8 Å². The smallest absolute Gasteiger partial charge is 0.410 e. The Hall–Kier alpha value is -1.73. The van der Waals surface area contributed by atoms with E-state index in [-0.39, 0.29) is 6.09 Å². The largest absolute Gasteiger partial charge is 0.444 e. The summed E-state index contributed by atoms with van der Waals surface area (Å²) in [6.45, 7) is 8.49. The predicted octanol–water partition coefficient (Wildman–Crippen LogP) is 4.28. The summed E-state index contributed by atoms with van der Waals surface area (Å²) in [6, 6.07) is 8.37. The lowest BCUT2D eigenvalue weighted by Gasteiger charge is -2.36. The summed E-state index contributed by atoms with van der Waals surface area (Å²) in [4.78, 5) is 19.4. The van der Waals surface area contributed by atoms with E-state index in [1.807, 2.05) is 26.8 Å². The van der Waals surface area contributed by atoms with Gasteiger partial charge in [0.2, 0.25) is 0 Å². The first kappa shape index (κ1) is 20.0. The molecule has 1 N–H and O–H groups in total. The molecule has 3 rings (SSSR count). The first-order valence-electron chi connectivity index (χ1n) is 9.28. The fourth-order valence-corrected chi connectivity index (χ4v) is 4.37. The van der Waals surface area contributed by atoms with E-state index >= 15 is 0 Å². The number of aromatic amines is 1. The summed E-state index contributed by atoms with van der Waals surface area (Å²) in [5.41, 5.74) is 2.05. The van der Waals surface area contributed by atoms with Crippen LogP contribution < -0.4 is 0 Å². The second-order valence-electron chi connectivity index (χ2n) is 7.68. The minimum absolute atomic E-state index is 0.236. The molecule has 1 aromatic carbocycles. The van der Waals surface area contributed by atoms with Gasteiger partial charge in [-0.25, -0.2) is 4.79 Å². The van der Waals surface area contributed by atoms with Gasteiger partial charge in [0, 0.05) is 49.0 Å². The fourth-order valence-electron chi connectivity index (χ4n) is 3.08. The van der Waals surface area contributed by atoms with Gasteiger partial charge in [0.1, 0.15) is 9.92 Å². The average Bonchev–Trinajstić information content (AvgIpc) is 3.04. The van der Waals surface area contributed by atoms with E-state index in [0.29, 0.717) is 13.1 Å². The zero-order chi connectivity index (χ0) is 19.4. The van der Waals surface area contributed by atoms with Crippen LogP contribution in [0.5, 0.6) is 0 Å². The SMILES string of the molecule is CC(C)(C)OC(=O)N1CCN(C(=S)SCCc2c[nH]c3ccccc23)CC1. The van der Waals surface area contributed by atoms with Crippen molar-refractivity contribution >= 4 is 45.3 Å². The number of aromatic nitrogens is 1. The van der Waals surface area contributed by atoms with Gasteiger partial charge in [0.25, 0.3) is 0 Å².